The highest BCUT2D eigenvalue weighted by atomic mass is 15.0. The van der Waals surface area contributed by atoms with Crippen molar-refractivity contribution in [2.24, 2.45) is 0 Å². The molecular weight excluding hydrogens is 246 g/mol. The Morgan fingerprint density at radius 1 is 1.15 bits per heavy atom. The first kappa shape index (κ1) is 13.1. The maximum atomic E-state index is 4.82. The van der Waals surface area contributed by atoms with Crippen LogP contribution in [0.25, 0.3) is 0 Å². The lowest BCUT2D eigenvalue weighted by molar-refractivity contribution is 0.553. The number of hydrogen-bond acceptors (Lipinski definition) is 3. The minimum absolute atomic E-state index is 0.0343. The Hall–Kier alpha value is -1.90. The molecule has 1 aromatic carbocycles. The molecule has 3 rings (SSSR count). The molecule has 0 saturated carbocycles. The highest BCUT2D eigenvalue weighted by Gasteiger charge is 2.30. The first-order valence-electron chi connectivity index (χ1n) is 7.14. The fourth-order valence-electron chi connectivity index (χ4n) is 2.62. The average Bonchev–Trinajstić information content (AvgIpc) is 2.39. The number of nitrogens with one attached hydrogen (secondary N) is 1. The van der Waals surface area contributed by atoms with Crippen LogP contribution in [0.4, 0.5) is 5.82 Å². The van der Waals surface area contributed by atoms with E-state index >= 15 is 0 Å². The van der Waals surface area contributed by atoms with Gasteiger partial charge in [0.25, 0.3) is 0 Å². The lowest BCUT2D eigenvalue weighted by Crippen LogP contribution is -2.23. The van der Waals surface area contributed by atoms with Gasteiger partial charge in [-0.15, -0.1) is 0 Å². The van der Waals surface area contributed by atoms with E-state index in [1.54, 1.807) is 0 Å². The highest BCUT2D eigenvalue weighted by molar-refractivity contribution is 5.46. The molecule has 104 valence electrons. The number of rotatable bonds is 2. The molecule has 1 aliphatic rings. The summed E-state index contributed by atoms with van der Waals surface area (Å²) in [4.78, 5) is 9.49. The van der Waals surface area contributed by atoms with Crippen LogP contribution in [-0.4, -0.2) is 17.0 Å². The minimum atomic E-state index is 0.0343. The van der Waals surface area contributed by atoms with E-state index in [2.05, 4.69) is 55.3 Å². The largest absolute Gasteiger partial charge is 0.373 e. The molecule has 0 amide bonds. The topological polar surface area (TPSA) is 37.8 Å². The van der Waals surface area contributed by atoms with Crippen molar-refractivity contribution in [1.82, 2.24) is 9.97 Å². The number of anilines is 1. The van der Waals surface area contributed by atoms with E-state index in [0.29, 0.717) is 5.92 Å². The molecule has 1 N–H and O–H groups in total. The van der Waals surface area contributed by atoms with Crippen LogP contribution >= 0.6 is 0 Å². The molecule has 0 aliphatic heterocycles. The SMILES string of the molecule is CNc1cc(C(C)(C)C)nc(C2Cc3ccccc32)n1. The lowest BCUT2D eigenvalue weighted by atomic mass is 9.77. The Morgan fingerprint density at radius 2 is 1.90 bits per heavy atom. The molecule has 1 aliphatic carbocycles. The van der Waals surface area contributed by atoms with Gasteiger partial charge in [0.15, 0.2) is 0 Å². The Kier molecular flexibility index (Phi) is 3.00. The second kappa shape index (κ2) is 4.58. The zero-order chi connectivity index (χ0) is 14.3. The van der Waals surface area contributed by atoms with Gasteiger partial charge >= 0.3 is 0 Å². The summed E-state index contributed by atoms with van der Waals surface area (Å²) in [5.41, 5.74) is 3.93. The summed E-state index contributed by atoms with van der Waals surface area (Å²) in [6, 6.07) is 10.6. The molecule has 0 fully saturated rings. The summed E-state index contributed by atoms with van der Waals surface area (Å²) in [6.07, 6.45) is 1.05. The second-order valence-corrected chi connectivity index (χ2v) is 6.45. The molecule has 2 aromatic rings. The van der Waals surface area contributed by atoms with Gasteiger partial charge in [-0.25, -0.2) is 9.97 Å². The third kappa shape index (κ3) is 2.17. The predicted molar refractivity (Wildman–Crippen MR) is 82.3 cm³/mol. The first-order valence-corrected chi connectivity index (χ1v) is 7.14. The van der Waals surface area contributed by atoms with E-state index in [-0.39, 0.29) is 5.41 Å². The summed E-state index contributed by atoms with van der Waals surface area (Å²) in [7, 11) is 1.91. The van der Waals surface area contributed by atoms with Crippen LogP contribution in [-0.2, 0) is 11.8 Å². The van der Waals surface area contributed by atoms with Gasteiger partial charge in [0.2, 0.25) is 0 Å². The van der Waals surface area contributed by atoms with E-state index in [1.165, 1.54) is 11.1 Å². The number of fused-ring (bicyclic) bond motifs is 1. The van der Waals surface area contributed by atoms with Gasteiger partial charge < -0.3 is 5.32 Å². The summed E-state index contributed by atoms with van der Waals surface area (Å²) in [5.74, 6) is 2.20. The van der Waals surface area contributed by atoms with Crippen LogP contribution in [0.5, 0.6) is 0 Å². The zero-order valence-corrected chi connectivity index (χ0v) is 12.6. The van der Waals surface area contributed by atoms with E-state index in [4.69, 9.17) is 4.98 Å². The minimum Gasteiger partial charge on any atom is -0.373 e. The fourth-order valence-corrected chi connectivity index (χ4v) is 2.62. The summed E-state index contributed by atoms with van der Waals surface area (Å²) in [6.45, 7) is 6.56. The first-order chi connectivity index (χ1) is 9.49. The monoisotopic (exact) mass is 267 g/mol. The molecule has 1 aromatic heterocycles. The maximum Gasteiger partial charge on any atom is 0.138 e. The summed E-state index contributed by atoms with van der Waals surface area (Å²) >= 11 is 0. The molecule has 20 heavy (non-hydrogen) atoms. The van der Waals surface area contributed by atoms with Crippen molar-refractivity contribution in [2.75, 3.05) is 12.4 Å². The fraction of sp³-hybridized carbons (Fsp3) is 0.412. The Morgan fingerprint density at radius 3 is 2.55 bits per heavy atom. The summed E-state index contributed by atoms with van der Waals surface area (Å²) < 4.78 is 0. The number of benzene rings is 1. The highest BCUT2D eigenvalue weighted by Crippen LogP contribution is 2.39. The molecule has 0 saturated heterocycles. The zero-order valence-electron chi connectivity index (χ0n) is 12.6. The van der Waals surface area contributed by atoms with Crippen molar-refractivity contribution in [3.8, 4) is 0 Å². The number of hydrogen-bond donors (Lipinski definition) is 1. The van der Waals surface area contributed by atoms with Gasteiger partial charge in [-0.3, -0.25) is 0 Å². The van der Waals surface area contributed by atoms with Crippen molar-refractivity contribution in [2.45, 2.75) is 38.5 Å². The molecular formula is C17H21N3. The number of nitrogens with zero attached hydrogens (tertiary/aromatic N) is 2. The van der Waals surface area contributed by atoms with Gasteiger partial charge in [0, 0.05) is 24.4 Å². The van der Waals surface area contributed by atoms with Crippen LogP contribution in [0.15, 0.2) is 30.3 Å². The predicted octanol–water partition coefficient (Wildman–Crippen LogP) is 3.50. The lowest BCUT2D eigenvalue weighted by Gasteiger charge is -2.30. The quantitative estimate of drug-likeness (QED) is 0.905. The maximum absolute atomic E-state index is 4.82. The van der Waals surface area contributed by atoms with Crippen molar-refractivity contribution in [1.29, 1.82) is 0 Å². The molecule has 1 heterocycles. The molecule has 1 unspecified atom stereocenters. The molecule has 1 atom stereocenters. The van der Waals surface area contributed by atoms with Crippen molar-refractivity contribution in [3.05, 3.63) is 53.0 Å². The Labute approximate surface area is 120 Å². The van der Waals surface area contributed by atoms with Crippen LogP contribution < -0.4 is 5.32 Å². The van der Waals surface area contributed by atoms with Gasteiger partial charge in [-0.05, 0) is 17.5 Å². The molecule has 0 spiro atoms. The molecule has 0 radical (unpaired) electrons. The van der Waals surface area contributed by atoms with Gasteiger partial charge in [0.05, 0.1) is 5.69 Å². The smallest absolute Gasteiger partial charge is 0.138 e. The van der Waals surface area contributed by atoms with Gasteiger partial charge in [-0.2, -0.15) is 0 Å². The van der Waals surface area contributed by atoms with Crippen molar-refractivity contribution < 1.29 is 0 Å². The third-order valence-electron chi connectivity index (χ3n) is 3.93. The average molecular weight is 267 g/mol. The van der Waals surface area contributed by atoms with E-state index < -0.39 is 0 Å². The van der Waals surface area contributed by atoms with E-state index in [9.17, 15) is 0 Å². The van der Waals surface area contributed by atoms with Gasteiger partial charge in [0.1, 0.15) is 11.6 Å². The standard InChI is InChI=1S/C17H21N3/c1-17(2,3)14-10-15(18-4)20-16(19-14)13-9-11-7-5-6-8-12(11)13/h5-8,10,13H,9H2,1-4H3,(H,18,19,20). The summed E-state index contributed by atoms with van der Waals surface area (Å²) in [5, 5.41) is 3.16. The Bertz CT molecular complexity index is 641. The van der Waals surface area contributed by atoms with Crippen LogP contribution in [0.1, 0.15) is 49.3 Å². The molecule has 0 bridgehead atoms. The van der Waals surface area contributed by atoms with E-state index in [0.717, 1.165) is 23.8 Å². The van der Waals surface area contributed by atoms with Gasteiger partial charge in [-0.1, -0.05) is 45.0 Å². The van der Waals surface area contributed by atoms with Crippen molar-refractivity contribution >= 4 is 5.82 Å². The molecule has 3 heteroatoms. The van der Waals surface area contributed by atoms with E-state index in [1.807, 2.05) is 13.1 Å². The van der Waals surface area contributed by atoms with Crippen LogP contribution in [0.3, 0.4) is 0 Å². The third-order valence-corrected chi connectivity index (χ3v) is 3.93. The van der Waals surface area contributed by atoms with Crippen LogP contribution in [0, 0.1) is 0 Å². The second-order valence-electron chi connectivity index (χ2n) is 6.45. The normalized spacial score (nSPS) is 17.3. The molecule has 3 nitrogen and oxygen atoms in total. The van der Waals surface area contributed by atoms with Crippen LogP contribution in [0.2, 0.25) is 0 Å². The van der Waals surface area contributed by atoms with Crippen molar-refractivity contribution in [3.63, 3.8) is 0 Å². The number of aromatic nitrogens is 2. The Balaban J connectivity index is 2.03.